The fourth-order valence-electron chi connectivity index (χ4n) is 2.40. The van der Waals surface area contributed by atoms with E-state index in [1.54, 1.807) is 0 Å². The van der Waals surface area contributed by atoms with E-state index in [2.05, 4.69) is 0 Å². The molecule has 0 aliphatic heterocycles. The van der Waals surface area contributed by atoms with E-state index in [0.717, 1.165) is 6.92 Å². The van der Waals surface area contributed by atoms with Gasteiger partial charge in [0.1, 0.15) is 0 Å². The van der Waals surface area contributed by atoms with Gasteiger partial charge >= 0.3 is 44.6 Å². The highest BCUT2D eigenvalue weighted by atomic mass is 28.4. The molecule has 0 radical (unpaired) electrons. The Balaban J connectivity index is 5.73. The Bertz CT molecular complexity index is 604. The lowest BCUT2D eigenvalue weighted by Gasteiger charge is -2.40. The molecule has 0 bridgehead atoms. The second-order valence-electron chi connectivity index (χ2n) is 6.70. The molecule has 0 aliphatic rings. The van der Waals surface area contributed by atoms with Crippen molar-refractivity contribution < 1.29 is 70.4 Å². The Morgan fingerprint density at radius 2 is 1.03 bits per heavy atom. The highest BCUT2D eigenvalue weighted by Crippen LogP contribution is 2.60. The van der Waals surface area contributed by atoms with Crippen molar-refractivity contribution in [1.82, 2.24) is 0 Å². The van der Waals surface area contributed by atoms with Gasteiger partial charge in [0, 0.05) is 32.3 Å². The SMILES string of the molecule is CCO[Si](C)(OCC)OC(C)CCC(F)(F)C(F)(F)C(F)(F)C(F)(F)C(F)(F)C(F)(F)F. The van der Waals surface area contributed by atoms with E-state index in [9.17, 15) is 57.1 Å². The van der Waals surface area contributed by atoms with Gasteiger partial charge in [-0.05, 0) is 27.2 Å². The van der Waals surface area contributed by atoms with Gasteiger partial charge in [0.25, 0.3) is 0 Å². The molecule has 3 nitrogen and oxygen atoms in total. The minimum Gasteiger partial charge on any atom is -0.374 e. The van der Waals surface area contributed by atoms with Crippen LogP contribution in [-0.4, -0.2) is 63.9 Å². The topological polar surface area (TPSA) is 27.7 Å². The van der Waals surface area contributed by atoms with Crippen LogP contribution in [0.3, 0.4) is 0 Å². The third kappa shape index (κ3) is 5.81. The van der Waals surface area contributed by atoms with E-state index in [0.29, 0.717) is 0 Å². The van der Waals surface area contributed by atoms with Gasteiger partial charge in [0.15, 0.2) is 0 Å². The molecule has 0 saturated carbocycles. The lowest BCUT2D eigenvalue weighted by Crippen LogP contribution is -2.70. The molecule has 194 valence electrons. The Morgan fingerprint density at radius 3 is 1.38 bits per heavy atom. The minimum atomic E-state index is -7.90. The molecule has 0 N–H and O–H groups in total. The van der Waals surface area contributed by atoms with E-state index < -0.39 is 63.5 Å². The maximum absolute atomic E-state index is 13.8. The number of hydrogen-bond donors (Lipinski definition) is 0. The molecular formula is C15H21F13O3Si. The summed E-state index contributed by atoms with van der Waals surface area (Å²) in [5, 5.41) is 0. The van der Waals surface area contributed by atoms with Crippen LogP contribution in [0.15, 0.2) is 0 Å². The second-order valence-corrected chi connectivity index (χ2v) is 9.23. The van der Waals surface area contributed by atoms with Crippen LogP contribution in [0.4, 0.5) is 57.1 Å². The van der Waals surface area contributed by atoms with Gasteiger partial charge in [0.2, 0.25) is 0 Å². The third-order valence-corrected chi connectivity index (χ3v) is 6.55. The number of alkyl halides is 13. The van der Waals surface area contributed by atoms with E-state index in [-0.39, 0.29) is 13.2 Å². The first kappa shape index (κ1) is 31.2. The summed E-state index contributed by atoms with van der Waals surface area (Å²) in [6, 6.07) is 0. The van der Waals surface area contributed by atoms with Crippen LogP contribution in [0.2, 0.25) is 6.55 Å². The summed E-state index contributed by atoms with van der Waals surface area (Å²) in [6.45, 7) is 5.27. The van der Waals surface area contributed by atoms with Gasteiger partial charge in [-0.15, -0.1) is 0 Å². The van der Waals surface area contributed by atoms with Crippen molar-refractivity contribution in [2.45, 2.75) is 82.1 Å². The highest BCUT2D eigenvalue weighted by molar-refractivity contribution is 6.59. The fourth-order valence-corrected chi connectivity index (χ4v) is 4.52. The lowest BCUT2D eigenvalue weighted by molar-refractivity contribution is -0.440. The van der Waals surface area contributed by atoms with Gasteiger partial charge in [-0.2, -0.15) is 57.1 Å². The average Bonchev–Trinajstić information content (AvgIpc) is 2.58. The summed E-state index contributed by atoms with van der Waals surface area (Å²) >= 11 is 0. The van der Waals surface area contributed by atoms with E-state index in [1.807, 2.05) is 0 Å². The number of rotatable bonds is 13. The van der Waals surface area contributed by atoms with Crippen molar-refractivity contribution in [1.29, 1.82) is 0 Å². The predicted molar refractivity (Wildman–Crippen MR) is 85.4 cm³/mol. The Morgan fingerprint density at radius 1 is 0.656 bits per heavy atom. The molecular weight excluding hydrogens is 503 g/mol. The highest BCUT2D eigenvalue weighted by Gasteiger charge is 2.90. The molecule has 0 amide bonds. The molecule has 1 unspecified atom stereocenters. The van der Waals surface area contributed by atoms with E-state index in [4.69, 9.17) is 13.3 Å². The average molecular weight is 524 g/mol. The Kier molecular flexibility index (Phi) is 9.57. The summed E-state index contributed by atoms with van der Waals surface area (Å²) in [4.78, 5) is 0. The van der Waals surface area contributed by atoms with E-state index in [1.165, 1.54) is 20.4 Å². The first-order valence-corrected chi connectivity index (χ1v) is 11.1. The molecule has 1 atom stereocenters. The monoisotopic (exact) mass is 524 g/mol. The van der Waals surface area contributed by atoms with Crippen LogP contribution in [0, 0.1) is 0 Å². The molecule has 0 aromatic carbocycles. The van der Waals surface area contributed by atoms with Crippen molar-refractivity contribution in [2.75, 3.05) is 13.2 Å². The molecule has 32 heavy (non-hydrogen) atoms. The van der Waals surface area contributed by atoms with Gasteiger partial charge < -0.3 is 13.3 Å². The zero-order chi connectivity index (χ0) is 26.0. The molecule has 0 aromatic rings. The molecule has 17 heteroatoms. The predicted octanol–water partition coefficient (Wildman–Crippen LogP) is 6.55. The molecule has 0 fully saturated rings. The van der Waals surface area contributed by atoms with Gasteiger partial charge in [-0.25, -0.2) is 0 Å². The molecule has 0 aromatic heterocycles. The zero-order valence-electron chi connectivity index (χ0n) is 17.0. The molecule has 0 rings (SSSR count). The van der Waals surface area contributed by atoms with Crippen LogP contribution >= 0.6 is 0 Å². The lowest BCUT2D eigenvalue weighted by atomic mass is 9.91. The fraction of sp³-hybridized carbons (Fsp3) is 1.00. The molecule has 0 spiro atoms. The smallest absolute Gasteiger partial charge is 0.374 e. The van der Waals surface area contributed by atoms with Crippen LogP contribution in [0.1, 0.15) is 33.6 Å². The normalized spacial score (nSPS) is 16.4. The van der Waals surface area contributed by atoms with Crippen LogP contribution in [-0.2, 0) is 13.3 Å². The Labute approximate surface area is 175 Å². The summed E-state index contributed by atoms with van der Waals surface area (Å²) in [5.41, 5.74) is 0. The van der Waals surface area contributed by atoms with Crippen molar-refractivity contribution >= 4 is 8.80 Å². The first-order valence-electron chi connectivity index (χ1n) is 8.89. The molecule has 0 heterocycles. The van der Waals surface area contributed by atoms with Crippen molar-refractivity contribution in [3.05, 3.63) is 0 Å². The number of hydrogen-bond acceptors (Lipinski definition) is 3. The van der Waals surface area contributed by atoms with Crippen LogP contribution < -0.4 is 0 Å². The number of halogens is 13. The maximum atomic E-state index is 13.8. The third-order valence-electron chi connectivity index (χ3n) is 4.09. The van der Waals surface area contributed by atoms with Crippen molar-refractivity contribution in [3.8, 4) is 0 Å². The Hall–Kier alpha value is -0.813. The van der Waals surface area contributed by atoms with Crippen LogP contribution in [0.25, 0.3) is 0 Å². The summed E-state index contributed by atoms with van der Waals surface area (Å²) < 4.78 is 186. The zero-order valence-corrected chi connectivity index (χ0v) is 18.0. The summed E-state index contributed by atoms with van der Waals surface area (Å²) in [5.74, 6) is -36.8. The second kappa shape index (κ2) is 9.81. The first-order chi connectivity index (χ1) is 14.0. The maximum Gasteiger partial charge on any atom is 0.497 e. The van der Waals surface area contributed by atoms with Gasteiger partial charge in [-0.3, -0.25) is 0 Å². The molecule has 0 aliphatic carbocycles. The van der Waals surface area contributed by atoms with Crippen molar-refractivity contribution in [2.24, 2.45) is 0 Å². The van der Waals surface area contributed by atoms with Crippen molar-refractivity contribution in [3.63, 3.8) is 0 Å². The van der Waals surface area contributed by atoms with Crippen LogP contribution in [0.5, 0.6) is 0 Å². The summed E-state index contributed by atoms with van der Waals surface area (Å²) in [6.07, 6.45) is -12.4. The summed E-state index contributed by atoms with van der Waals surface area (Å²) in [7, 11) is -3.49. The molecule has 0 saturated heterocycles. The minimum absolute atomic E-state index is 0.0123. The largest absolute Gasteiger partial charge is 0.497 e. The standard InChI is InChI=1S/C15H21F13O3Si/c1-5-29-32(4,30-6-2)31-9(3)7-8-10(16,17)11(18,19)12(20,21)13(22,23)14(24,25)15(26,27)28/h9H,5-8H2,1-4H3. The van der Waals surface area contributed by atoms with E-state index >= 15 is 0 Å². The van der Waals surface area contributed by atoms with Gasteiger partial charge in [-0.1, -0.05) is 0 Å². The van der Waals surface area contributed by atoms with Gasteiger partial charge in [0.05, 0.1) is 0 Å². The quantitative estimate of drug-likeness (QED) is 0.202.